The summed E-state index contributed by atoms with van der Waals surface area (Å²) < 4.78 is 0. The predicted octanol–water partition coefficient (Wildman–Crippen LogP) is 0.320. The van der Waals surface area contributed by atoms with Crippen LogP contribution in [0.3, 0.4) is 0 Å². The number of thiophene rings is 1. The topological polar surface area (TPSA) is 67.2 Å². The van der Waals surface area contributed by atoms with Crippen LogP contribution in [0.4, 0.5) is 5.00 Å². The molecule has 1 aliphatic rings. The minimum atomic E-state index is -0.351. The highest BCUT2D eigenvalue weighted by molar-refractivity contribution is 7.18. The van der Waals surface area contributed by atoms with Gasteiger partial charge < -0.3 is 11.1 Å². The van der Waals surface area contributed by atoms with Crippen molar-refractivity contribution in [1.82, 2.24) is 5.32 Å². The van der Waals surface area contributed by atoms with Crippen LogP contribution in [-0.4, -0.2) is 12.6 Å². The molecule has 2 rings (SSSR count). The molecule has 4 N–H and O–H groups in total. The Labute approximate surface area is 73.8 Å². The molecule has 0 aromatic carbocycles. The molecule has 2 heterocycles. The maximum Gasteiger partial charge on any atom is 0.258 e. The maximum absolute atomic E-state index is 10.8. The molecule has 5 heteroatoms. The molecule has 0 spiro atoms. The van der Waals surface area contributed by atoms with E-state index < -0.39 is 0 Å². The van der Waals surface area contributed by atoms with Gasteiger partial charge >= 0.3 is 0 Å². The minimum Gasteiger partial charge on any atom is -0.365 e. The van der Waals surface area contributed by atoms with Crippen LogP contribution >= 0.6 is 11.3 Å². The van der Waals surface area contributed by atoms with E-state index in [0.717, 1.165) is 23.8 Å². The first-order chi connectivity index (χ1) is 5.77. The summed E-state index contributed by atoms with van der Waals surface area (Å²) in [6, 6.07) is 1.83. The third-order valence-corrected chi connectivity index (χ3v) is 2.89. The van der Waals surface area contributed by atoms with Crippen LogP contribution in [0.5, 0.6) is 0 Å². The van der Waals surface area contributed by atoms with Crippen molar-refractivity contribution in [3.63, 3.8) is 0 Å². The first-order valence-corrected chi connectivity index (χ1v) is 4.46. The van der Waals surface area contributed by atoms with Gasteiger partial charge in [-0.15, -0.1) is 11.3 Å². The van der Waals surface area contributed by atoms with E-state index in [2.05, 4.69) is 10.6 Å². The standard InChI is InChI=1S/C7H9N3OS/c8-6(11)5-1-4-2-9-3-10-7(4)12-5/h1,9-10H,2-3H2,(H2,8,11). The monoisotopic (exact) mass is 183 g/mol. The fourth-order valence-corrected chi connectivity index (χ4v) is 2.10. The molecular formula is C7H9N3OS. The van der Waals surface area contributed by atoms with Gasteiger partial charge in [-0.25, -0.2) is 0 Å². The van der Waals surface area contributed by atoms with E-state index in [1.54, 1.807) is 0 Å². The lowest BCUT2D eigenvalue weighted by Crippen LogP contribution is -2.26. The number of carbonyl (C=O) groups is 1. The molecule has 1 aromatic rings. The first-order valence-electron chi connectivity index (χ1n) is 3.64. The Bertz CT molecular complexity index is 297. The smallest absolute Gasteiger partial charge is 0.258 e. The van der Waals surface area contributed by atoms with Gasteiger partial charge in [0, 0.05) is 12.1 Å². The highest BCUT2D eigenvalue weighted by atomic mass is 32.1. The van der Waals surface area contributed by atoms with E-state index in [4.69, 9.17) is 5.73 Å². The highest BCUT2D eigenvalue weighted by Crippen LogP contribution is 2.28. The molecule has 1 aromatic heterocycles. The molecule has 0 saturated carbocycles. The van der Waals surface area contributed by atoms with Crippen molar-refractivity contribution in [2.24, 2.45) is 5.73 Å². The molecule has 0 bridgehead atoms. The molecule has 12 heavy (non-hydrogen) atoms. The first kappa shape index (κ1) is 7.57. The van der Waals surface area contributed by atoms with E-state index in [9.17, 15) is 4.79 Å². The van der Waals surface area contributed by atoms with Crippen molar-refractivity contribution in [2.45, 2.75) is 6.54 Å². The molecule has 0 aliphatic carbocycles. The summed E-state index contributed by atoms with van der Waals surface area (Å²) in [5.41, 5.74) is 6.27. The molecule has 0 unspecified atom stereocenters. The lowest BCUT2D eigenvalue weighted by molar-refractivity contribution is 0.100. The van der Waals surface area contributed by atoms with Crippen LogP contribution in [0.2, 0.25) is 0 Å². The molecule has 64 valence electrons. The zero-order valence-corrected chi connectivity index (χ0v) is 7.20. The number of hydrogen-bond donors (Lipinski definition) is 3. The maximum atomic E-state index is 10.8. The van der Waals surface area contributed by atoms with Gasteiger partial charge in [0.05, 0.1) is 16.5 Å². The Morgan fingerprint density at radius 2 is 2.50 bits per heavy atom. The van der Waals surface area contributed by atoms with Crippen molar-refractivity contribution in [1.29, 1.82) is 0 Å². The SMILES string of the molecule is NC(=O)c1cc2c(s1)NCNC2. The summed E-state index contributed by atoms with van der Waals surface area (Å²) >= 11 is 1.42. The number of amides is 1. The Morgan fingerprint density at radius 1 is 1.67 bits per heavy atom. The Morgan fingerprint density at radius 3 is 3.17 bits per heavy atom. The van der Waals surface area contributed by atoms with Crippen LogP contribution in [0.25, 0.3) is 0 Å². The van der Waals surface area contributed by atoms with Crippen LogP contribution in [0, 0.1) is 0 Å². The van der Waals surface area contributed by atoms with Crippen molar-refractivity contribution in [3.05, 3.63) is 16.5 Å². The molecule has 4 nitrogen and oxygen atoms in total. The Hall–Kier alpha value is -1.07. The fourth-order valence-electron chi connectivity index (χ4n) is 1.17. The second-order valence-electron chi connectivity index (χ2n) is 2.61. The van der Waals surface area contributed by atoms with Crippen molar-refractivity contribution in [2.75, 3.05) is 12.0 Å². The van der Waals surface area contributed by atoms with Crippen LogP contribution in [0.15, 0.2) is 6.07 Å². The lowest BCUT2D eigenvalue weighted by atomic mass is 10.2. The summed E-state index contributed by atoms with van der Waals surface area (Å²) in [7, 11) is 0. The average molecular weight is 183 g/mol. The van der Waals surface area contributed by atoms with Gasteiger partial charge in [-0.1, -0.05) is 0 Å². The van der Waals surface area contributed by atoms with Gasteiger partial charge in [0.2, 0.25) is 0 Å². The molecule has 0 fully saturated rings. The average Bonchev–Trinajstić information content (AvgIpc) is 2.46. The second kappa shape index (κ2) is 2.76. The third kappa shape index (κ3) is 1.17. The number of hydrogen-bond acceptors (Lipinski definition) is 4. The van der Waals surface area contributed by atoms with E-state index in [1.807, 2.05) is 6.07 Å². The van der Waals surface area contributed by atoms with Gasteiger partial charge in [-0.05, 0) is 6.07 Å². The van der Waals surface area contributed by atoms with Gasteiger partial charge in [-0.3, -0.25) is 10.1 Å². The number of nitrogens with two attached hydrogens (primary N) is 1. The summed E-state index contributed by atoms with van der Waals surface area (Å²) in [5, 5.41) is 7.33. The number of carbonyl (C=O) groups excluding carboxylic acids is 1. The summed E-state index contributed by atoms with van der Waals surface area (Å²) in [6.07, 6.45) is 0. The van der Waals surface area contributed by atoms with E-state index in [0.29, 0.717) is 4.88 Å². The Balaban J connectivity index is 2.38. The summed E-state index contributed by atoms with van der Waals surface area (Å²) in [4.78, 5) is 11.4. The van der Waals surface area contributed by atoms with Crippen LogP contribution in [-0.2, 0) is 6.54 Å². The molecule has 0 radical (unpaired) electrons. The fraction of sp³-hybridized carbons (Fsp3) is 0.286. The normalized spacial score (nSPS) is 15.0. The van der Waals surface area contributed by atoms with Gasteiger partial charge in [0.15, 0.2) is 0 Å². The largest absolute Gasteiger partial charge is 0.365 e. The predicted molar refractivity (Wildman–Crippen MR) is 48.2 cm³/mol. The molecular weight excluding hydrogens is 174 g/mol. The number of fused-ring (bicyclic) bond motifs is 1. The van der Waals surface area contributed by atoms with Gasteiger partial charge in [-0.2, -0.15) is 0 Å². The van der Waals surface area contributed by atoms with Gasteiger partial charge in [0.1, 0.15) is 0 Å². The van der Waals surface area contributed by atoms with Crippen molar-refractivity contribution in [3.8, 4) is 0 Å². The molecule has 0 atom stereocenters. The zero-order chi connectivity index (χ0) is 8.55. The quantitative estimate of drug-likeness (QED) is 0.587. The molecule has 1 amide bonds. The number of rotatable bonds is 1. The number of primary amides is 1. The van der Waals surface area contributed by atoms with E-state index >= 15 is 0 Å². The third-order valence-electron chi connectivity index (χ3n) is 1.74. The van der Waals surface area contributed by atoms with Crippen molar-refractivity contribution < 1.29 is 4.79 Å². The zero-order valence-electron chi connectivity index (χ0n) is 6.39. The summed E-state index contributed by atoms with van der Waals surface area (Å²) in [5.74, 6) is -0.351. The van der Waals surface area contributed by atoms with Crippen LogP contribution in [0.1, 0.15) is 15.2 Å². The van der Waals surface area contributed by atoms with E-state index in [-0.39, 0.29) is 5.91 Å². The summed E-state index contributed by atoms with van der Waals surface area (Å²) in [6.45, 7) is 1.57. The van der Waals surface area contributed by atoms with E-state index in [1.165, 1.54) is 11.3 Å². The molecule has 0 saturated heterocycles. The lowest BCUT2D eigenvalue weighted by Gasteiger charge is -2.13. The highest BCUT2D eigenvalue weighted by Gasteiger charge is 2.14. The van der Waals surface area contributed by atoms with Crippen molar-refractivity contribution >= 4 is 22.2 Å². The number of nitrogens with one attached hydrogen (secondary N) is 2. The van der Waals surface area contributed by atoms with Crippen LogP contribution < -0.4 is 16.4 Å². The van der Waals surface area contributed by atoms with Gasteiger partial charge in [0.25, 0.3) is 5.91 Å². The second-order valence-corrected chi connectivity index (χ2v) is 3.66. The minimum absolute atomic E-state index is 0.351. The number of anilines is 1. The Kier molecular flexibility index (Phi) is 1.74. The molecule has 1 aliphatic heterocycles.